The first-order chi connectivity index (χ1) is 23.1. The molecule has 2 amide bonds. The van der Waals surface area contributed by atoms with Crippen molar-refractivity contribution < 1.29 is 24.3 Å². The second kappa shape index (κ2) is 15.1. The molecule has 9 nitrogen and oxygen atoms in total. The number of fused-ring (bicyclic) bond motifs is 2. The van der Waals surface area contributed by atoms with Crippen molar-refractivity contribution in [2.45, 2.75) is 63.6 Å². The number of carbonyl (C=O) groups excluding carboxylic acids is 3. The Morgan fingerprint density at radius 1 is 0.875 bits per heavy atom. The van der Waals surface area contributed by atoms with Gasteiger partial charge < -0.3 is 26.0 Å². The molecule has 0 spiro atoms. The molecule has 2 atom stereocenters. The number of carbonyl (C=O) groups is 4. The van der Waals surface area contributed by atoms with E-state index in [4.69, 9.17) is 11.5 Å². The zero-order chi connectivity index (χ0) is 34.3. The molecule has 0 aliphatic rings. The number of para-hydroxylation sites is 1. The minimum absolute atomic E-state index is 0.0110. The highest BCUT2D eigenvalue weighted by molar-refractivity contribution is 6.22. The number of carboxylic acid groups (broad SMARTS) is 1. The van der Waals surface area contributed by atoms with Crippen LogP contribution in [-0.2, 0) is 27.3 Å². The number of primary amides is 1. The molecule has 5 rings (SSSR count). The van der Waals surface area contributed by atoms with E-state index in [1.54, 1.807) is 6.20 Å². The van der Waals surface area contributed by atoms with E-state index in [1.807, 2.05) is 109 Å². The molecule has 9 heteroatoms. The molecular formula is C39H42N4O5. The number of aliphatic carboxylic acids is 1. The summed E-state index contributed by atoms with van der Waals surface area (Å²) in [6.07, 6.45) is 2.01. The summed E-state index contributed by atoms with van der Waals surface area (Å²) >= 11 is 0. The van der Waals surface area contributed by atoms with Crippen molar-refractivity contribution in [2.24, 2.45) is 11.5 Å². The molecular weight excluding hydrogens is 604 g/mol. The van der Waals surface area contributed by atoms with Crippen LogP contribution in [0.3, 0.4) is 0 Å². The SMILES string of the molecule is CCCN(C(=O)[C@](N)(CCCC(=O)O)C(=O)c1cn(Cc2ccccc2)c2ccccc12)[C@H](CC(N)=O)Cc1ccc2ccccc2c1. The molecule has 5 N–H and O–H groups in total. The van der Waals surface area contributed by atoms with E-state index in [0.717, 1.165) is 27.4 Å². The van der Waals surface area contributed by atoms with Gasteiger partial charge in [-0.05, 0) is 53.6 Å². The molecule has 48 heavy (non-hydrogen) atoms. The van der Waals surface area contributed by atoms with Gasteiger partial charge in [0.15, 0.2) is 11.3 Å². The van der Waals surface area contributed by atoms with Crippen LogP contribution >= 0.6 is 0 Å². The topological polar surface area (TPSA) is 149 Å². The molecule has 5 aromatic rings. The summed E-state index contributed by atoms with van der Waals surface area (Å²) in [5, 5.41) is 12.2. The summed E-state index contributed by atoms with van der Waals surface area (Å²) in [4.78, 5) is 54.9. The minimum Gasteiger partial charge on any atom is -0.481 e. The van der Waals surface area contributed by atoms with Crippen LogP contribution in [0.25, 0.3) is 21.7 Å². The van der Waals surface area contributed by atoms with Gasteiger partial charge in [-0.15, -0.1) is 0 Å². The van der Waals surface area contributed by atoms with Crippen LogP contribution in [-0.4, -0.2) is 56.3 Å². The van der Waals surface area contributed by atoms with E-state index in [-0.39, 0.29) is 37.8 Å². The Hall–Kier alpha value is -5.28. The number of Topliss-reactive ketones (excluding diaryl/α,β-unsaturated/α-hetero) is 1. The fourth-order valence-corrected chi connectivity index (χ4v) is 6.52. The lowest BCUT2D eigenvalue weighted by atomic mass is 9.83. The van der Waals surface area contributed by atoms with Gasteiger partial charge >= 0.3 is 5.97 Å². The van der Waals surface area contributed by atoms with E-state index in [1.165, 1.54) is 4.90 Å². The van der Waals surface area contributed by atoms with Gasteiger partial charge in [-0.3, -0.25) is 19.2 Å². The van der Waals surface area contributed by atoms with Crippen LogP contribution in [0.4, 0.5) is 0 Å². The Balaban J connectivity index is 1.55. The summed E-state index contributed by atoms with van der Waals surface area (Å²) in [6, 6.07) is 30.5. The maximum atomic E-state index is 14.8. The van der Waals surface area contributed by atoms with E-state index in [0.29, 0.717) is 24.8 Å². The number of aromatic nitrogens is 1. The second-order valence-electron chi connectivity index (χ2n) is 12.4. The van der Waals surface area contributed by atoms with Crippen molar-refractivity contribution >= 4 is 45.2 Å². The lowest BCUT2D eigenvalue weighted by Gasteiger charge is -2.38. The molecule has 248 valence electrons. The summed E-state index contributed by atoms with van der Waals surface area (Å²) in [7, 11) is 0. The first kappa shape index (κ1) is 34.1. The lowest BCUT2D eigenvalue weighted by molar-refractivity contribution is -0.140. The van der Waals surface area contributed by atoms with Gasteiger partial charge in [-0.2, -0.15) is 0 Å². The van der Waals surface area contributed by atoms with E-state index >= 15 is 0 Å². The summed E-state index contributed by atoms with van der Waals surface area (Å²) in [5.41, 5.74) is 13.6. The first-order valence-electron chi connectivity index (χ1n) is 16.3. The number of benzene rings is 4. The molecule has 0 bridgehead atoms. The van der Waals surface area contributed by atoms with Crippen molar-refractivity contribution in [1.82, 2.24) is 9.47 Å². The van der Waals surface area contributed by atoms with Crippen LogP contribution in [0.15, 0.2) is 103 Å². The Labute approximate surface area is 280 Å². The van der Waals surface area contributed by atoms with E-state index < -0.39 is 35.1 Å². The van der Waals surface area contributed by atoms with Crippen LogP contribution in [0.5, 0.6) is 0 Å². The van der Waals surface area contributed by atoms with Crippen LogP contribution in [0, 0.1) is 0 Å². The van der Waals surface area contributed by atoms with Crippen LogP contribution < -0.4 is 11.5 Å². The highest BCUT2D eigenvalue weighted by atomic mass is 16.4. The summed E-state index contributed by atoms with van der Waals surface area (Å²) in [6.45, 7) is 2.62. The fraction of sp³-hybridized carbons (Fsp3) is 0.282. The minimum atomic E-state index is -2.09. The number of carboxylic acids is 1. The number of hydrogen-bond acceptors (Lipinski definition) is 5. The van der Waals surface area contributed by atoms with Gasteiger partial charge in [0.2, 0.25) is 5.91 Å². The number of amides is 2. The number of nitrogens with zero attached hydrogens (tertiary/aromatic N) is 2. The normalized spacial score (nSPS) is 13.2. The molecule has 0 saturated carbocycles. The maximum absolute atomic E-state index is 14.8. The van der Waals surface area contributed by atoms with Crippen molar-refractivity contribution in [1.29, 1.82) is 0 Å². The smallest absolute Gasteiger partial charge is 0.303 e. The van der Waals surface area contributed by atoms with Gasteiger partial charge in [-0.1, -0.05) is 97.9 Å². The highest BCUT2D eigenvalue weighted by Gasteiger charge is 2.46. The average Bonchev–Trinajstić information content (AvgIpc) is 3.44. The maximum Gasteiger partial charge on any atom is 0.303 e. The molecule has 0 aliphatic heterocycles. The zero-order valence-electron chi connectivity index (χ0n) is 27.2. The van der Waals surface area contributed by atoms with Crippen molar-refractivity contribution in [3.05, 3.63) is 120 Å². The number of ketones is 1. The first-order valence-corrected chi connectivity index (χ1v) is 16.3. The monoisotopic (exact) mass is 646 g/mol. The zero-order valence-corrected chi connectivity index (χ0v) is 27.2. The largest absolute Gasteiger partial charge is 0.481 e. The standard InChI is InChI=1S/C39H42N4O5/c1-2-21-43(31(24-35(40)44)23-28-18-19-29-13-6-7-14-30(29)22-28)38(48)39(41,20-10-17-36(45)46)37(47)33-26-42(25-27-11-4-3-5-12-27)34-16-9-8-15-32(33)34/h3-9,11-16,18-19,22,26,31H,2,10,17,20-21,23-25,41H2,1H3,(H2,40,44)(H,45,46)/t31-,39-/m0/s1. The highest BCUT2D eigenvalue weighted by Crippen LogP contribution is 2.30. The van der Waals surface area contributed by atoms with Gasteiger partial charge in [0.05, 0.1) is 0 Å². The number of nitrogens with two attached hydrogens (primary N) is 2. The quantitative estimate of drug-likeness (QED) is 0.0925. The molecule has 1 heterocycles. The van der Waals surface area contributed by atoms with Crippen LogP contribution in [0.1, 0.15) is 60.5 Å². The lowest BCUT2D eigenvalue weighted by Crippen LogP contribution is -2.63. The Morgan fingerprint density at radius 3 is 2.27 bits per heavy atom. The van der Waals surface area contributed by atoms with Gasteiger partial charge in [0, 0.05) is 54.6 Å². The molecule has 0 fully saturated rings. The van der Waals surface area contributed by atoms with E-state index in [2.05, 4.69) is 0 Å². The fourth-order valence-electron chi connectivity index (χ4n) is 6.52. The third-order valence-electron chi connectivity index (χ3n) is 8.87. The molecule has 4 aromatic carbocycles. The molecule has 0 aliphatic carbocycles. The Morgan fingerprint density at radius 2 is 1.56 bits per heavy atom. The van der Waals surface area contributed by atoms with Crippen LogP contribution in [0.2, 0.25) is 0 Å². The molecule has 0 saturated heterocycles. The van der Waals surface area contributed by atoms with Crippen molar-refractivity contribution in [3.8, 4) is 0 Å². The second-order valence-corrected chi connectivity index (χ2v) is 12.4. The molecule has 0 unspecified atom stereocenters. The van der Waals surface area contributed by atoms with E-state index in [9.17, 15) is 24.3 Å². The van der Waals surface area contributed by atoms with Crippen molar-refractivity contribution in [2.75, 3.05) is 6.54 Å². The number of rotatable bonds is 16. The van der Waals surface area contributed by atoms with Gasteiger partial charge in [-0.25, -0.2) is 0 Å². The number of hydrogen-bond donors (Lipinski definition) is 3. The predicted molar refractivity (Wildman–Crippen MR) is 187 cm³/mol. The average molecular weight is 647 g/mol. The Kier molecular flexibility index (Phi) is 10.7. The third-order valence-corrected chi connectivity index (χ3v) is 8.87. The van der Waals surface area contributed by atoms with Crippen molar-refractivity contribution in [3.63, 3.8) is 0 Å². The Bertz CT molecular complexity index is 1940. The predicted octanol–water partition coefficient (Wildman–Crippen LogP) is 5.70. The van der Waals surface area contributed by atoms with Gasteiger partial charge in [0.1, 0.15) is 0 Å². The third kappa shape index (κ3) is 7.64. The molecule has 1 aromatic heterocycles. The molecule has 0 radical (unpaired) electrons. The van der Waals surface area contributed by atoms with Gasteiger partial charge in [0.25, 0.3) is 5.91 Å². The summed E-state index contributed by atoms with van der Waals surface area (Å²) < 4.78 is 1.96. The summed E-state index contributed by atoms with van der Waals surface area (Å²) in [5.74, 6) is -2.87.